The van der Waals surface area contributed by atoms with Gasteiger partial charge in [-0.3, -0.25) is 19.5 Å². The number of anilines is 1. The van der Waals surface area contributed by atoms with Crippen LogP contribution < -0.4 is 10.1 Å². The van der Waals surface area contributed by atoms with Crippen LogP contribution in [-0.4, -0.2) is 47.3 Å². The highest BCUT2D eigenvalue weighted by Crippen LogP contribution is 2.28. The summed E-state index contributed by atoms with van der Waals surface area (Å²) < 4.78 is 5.14. The molecule has 2 rings (SSSR count). The van der Waals surface area contributed by atoms with Crippen molar-refractivity contribution in [3.63, 3.8) is 0 Å². The van der Waals surface area contributed by atoms with E-state index in [1.54, 1.807) is 36.3 Å². The highest BCUT2D eigenvalue weighted by Gasteiger charge is 2.34. The highest BCUT2D eigenvalue weighted by atomic mass is 32.2. The minimum absolute atomic E-state index is 0.0655. The molecule has 1 heterocycles. The van der Waals surface area contributed by atoms with Crippen LogP contribution in [0.25, 0.3) is 0 Å². The molecule has 0 unspecified atom stereocenters. The fourth-order valence-electron chi connectivity index (χ4n) is 2.25. The summed E-state index contributed by atoms with van der Waals surface area (Å²) in [5.74, 6) is 0.404. The first kappa shape index (κ1) is 17.3. The van der Waals surface area contributed by atoms with Crippen molar-refractivity contribution in [2.24, 2.45) is 4.99 Å². The monoisotopic (exact) mass is 335 g/mol. The van der Waals surface area contributed by atoms with Gasteiger partial charge in [0, 0.05) is 31.3 Å². The van der Waals surface area contributed by atoms with Gasteiger partial charge < -0.3 is 10.1 Å². The molecule has 2 amide bonds. The fraction of sp³-hybridized carbons (Fsp3) is 0.438. The lowest BCUT2D eigenvalue weighted by molar-refractivity contribution is -0.129. The van der Waals surface area contributed by atoms with E-state index in [1.165, 1.54) is 11.8 Å². The normalized spacial score (nSPS) is 19.8. The third kappa shape index (κ3) is 4.25. The Morgan fingerprint density at radius 3 is 2.91 bits per heavy atom. The Hall–Kier alpha value is -2.02. The SMILES string of the molecule is CCN=C1S[C@H](C(=O)Nc2cccc(OC)c2)CC(=O)N1CC. The van der Waals surface area contributed by atoms with Gasteiger partial charge in [-0.1, -0.05) is 17.8 Å². The maximum absolute atomic E-state index is 12.5. The number of benzene rings is 1. The van der Waals surface area contributed by atoms with Gasteiger partial charge in [0.25, 0.3) is 0 Å². The van der Waals surface area contributed by atoms with Gasteiger partial charge in [0.2, 0.25) is 11.8 Å². The molecule has 1 fully saturated rings. The van der Waals surface area contributed by atoms with E-state index in [0.717, 1.165) is 0 Å². The Morgan fingerprint density at radius 1 is 1.48 bits per heavy atom. The molecule has 7 heteroatoms. The number of nitrogens with one attached hydrogen (secondary N) is 1. The van der Waals surface area contributed by atoms with Crippen molar-refractivity contribution in [3.8, 4) is 5.75 Å². The van der Waals surface area contributed by atoms with Gasteiger partial charge in [0.15, 0.2) is 5.17 Å². The van der Waals surface area contributed by atoms with Crippen LogP contribution >= 0.6 is 11.8 Å². The minimum atomic E-state index is -0.471. The molecule has 0 radical (unpaired) electrons. The number of rotatable bonds is 5. The molecule has 1 saturated heterocycles. The Labute approximate surface area is 140 Å². The molecule has 0 aromatic heterocycles. The summed E-state index contributed by atoms with van der Waals surface area (Å²) in [5, 5.41) is 2.99. The van der Waals surface area contributed by atoms with E-state index >= 15 is 0 Å². The van der Waals surface area contributed by atoms with Crippen molar-refractivity contribution in [1.29, 1.82) is 0 Å². The summed E-state index contributed by atoms with van der Waals surface area (Å²) in [5.41, 5.74) is 0.648. The Balaban J connectivity index is 2.10. The standard InChI is InChI=1S/C16H21N3O3S/c1-4-17-16-19(5-2)14(20)10-13(23-16)15(21)18-11-7-6-8-12(9-11)22-3/h6-9,13H,4-5,10H2,1-3H3,(H,18,21)/t13-/m0/s1. The average molecular weight is 335 g/mol. The van der Waals surface area contributed by atoms with E-state index in [4.69, 9.17) is 4.74 Å². The Morgan fingerprint density at radius 2 is 2.26 bits per heavy atom. The maximum atomic E-state index is 12.5. The largest absolute Gasteiger partial charge is 0.497 e. The van der Waals surface area contributed by atoms with Crippen LogP contribution in [0.4, 0.5) is 5.69 Å². The first-order valence-corrected chi connectivity index (χ1v) is 8.43. The van der Waals surface area contributed by atoms with Crippen LogP contribution in [0.2, 0.25) is 0 Å². The van der Waals surface area contributed by atoms with Crippen molar-refractivity contribution < 1.29 is 14.3 Å². The topological polar surface area (TPSA) is 71.0 Å². The number of amides is 2. The third-order valence-electron chi connectivity index (χ3n) is 3.38. The van der Waals surface area contributed by atoms with Gasteiger partial charge in [0.05, 0.1) is 7.11 Å². The summed E-state index contributed by atoms with van der Waals surface area (Å²) in [6.45, 7) is 4.96. The van der Waals surface area contributed by atoms with Crippen LogP contribution in [-0.2, 0) is 9.59 Å². The highest BCUT2D eigenvalue weighted by molar-refractivity contribution is 8.15. The van der Waals surface area contributed by atoms with Crippen molar-refractivity contribution in [2.45, 2.75) is 25.5 Å². The van der Waals surface area contributed by atoms with Gasteiger partial charge in [0.1, 0.15) is 11.0 Å². The number of ether oxygens (including phenoxy) is 1. The van der Waals surface area contributed by atoms with E-state index in [2.05, 4.69) is 10.3 Å². The number of thioether (sulfide) groups is 1. The zero-order valence-electron chi connectivity index (χ0n) is 13.5. The van der Waals surface area contributed by atoms with Gasteiger partial charge in [-0.25, -0.2) is 0 Å². The second-order valence-corrected chi connectivity index (χ2v) is 6.10. The van der Waals surface area contributed by atoms with Gasteiger partial charge >= 0.3 is 0 Å². The number of carbonyl (C=O) groups excluding carboxylic acids is 2. The molecule has 0 saturated carbocycles. The van der Waals surface area contributed by atoms with E-state index in [1.807, 2.05) is 13.8 Å². The van der Waals surface area contributed by atoms with Crippen molar-refractivity contribution in [2.75, 3.05) is 25.5 Å². The second-order valence-electron chi connectivity index (χ2n) is 4.93. The van der Waals surface area contributed by atoms with Crippen LogP contribution in [0.5, 0.6) is 5.75 Å². The van der Waals surface area contributed by atoms with Gasteiger partial charge in [-0.05, 0) is 26.0 Å². The van der Waals surface area contributed by atoms with E-state index in [9.17, 15) is 9.59 Å². The zero-order valence-corrected chi connectivity index (χ0v) is 14.4. The quantitative estimate of drug-likeness (QED) is 0.897. The predicted octanol–water partition coefficient (Wildman–Crippen LogP) is 2.36. The molecular weight excluding hydrogens is 314 g/mol. The summed E-state index contributed by atoms with van der Waals surface area (Å²) in [6, 6.07) is 7.14. The molecule has 1 aromatic rings. The number of nitrogens with zero attached hydrogens (tertiary/aromatic N) is 2. The first-order valence-electron chi connectivity index (χ1n) is 7.55. The first-order chi connectivity index (χ1) is 11.1. The number of hydrogen-bond acceptors (Lipinski definition) is 5. The van der Waals surface area contributed by atoms with Crippen molar-refractivity contribution >= 4 is 34.4 Å². The molecule has 1 N–H and O–H groups in total. The number of amidine groups is 1. The third-order valence-corrected chi connectivity index (χ3v) is 4.60. The number of carbonyl (C=O) groups is 2. The van der Waals surface area contributed by atoms with Crippen molar-refractivity contribution in [3.05, 3.63) is 24.3 Å². The van der Waals surface area contributed by atoms with Crippen LogP contribution in [0.3, 0.4) is 0 Å². The van der Waals surface area contributed by atoms with Crippen LogP contribution in [0.1, 0.15) is 20.3 Å². The van der Waals surface area contributed by atoms with E-state index in [0.29, 0.717) is 29.7 Å². The molecule has 23 heavy (non-hydrogen) atoms. The number of hydrogen-bond donors (Lipinski definition) is 1. The van der Waals surface area contributed by atoms with Crippen molar-refractivity contribution in [1.82, 2.24) is 4.90 Å². The van der Waals surface area contributed by atoms with Gasteiger partial charge in [-0.15, -0.1) is 0 Å². The molecular formula is C16H21N3O3S. The smallest absolute Gasteiger partial charge is 0.238 e. The summed E-state index contributed by atoms with van der Waals surface area (Å²) >= 11 is 1.34. The van der Waals surface area contributed by atoms with Crippen LogP contribution in [0, 0.1) is 0 Å². The fourth-order valence-corrected chi connectivity index (χ4v) is 3.46. The molecule has 1 atom stereocenters. The molecule has 1 aliphatic heterocycles. The molecule has 0 spiro atoms. The molecule has 0 bridgehead atoms. The van der Waals surface area contributed by atoms with E-state index < -0.39 is 5.25 Å². The lowest BCUT2D eigenvalue weighted by Crippen LogP contribution is -2.45. The summed E-state index contributed by atoms with van der Waals surface area (Å²) in [4.78, 5) is 30.6. The molecule has 6 nitrogen and oxygen atoms in total. The molecule has 124 valence electrons. The molecule has 0 aliphatic carbocycles. The predicted molar refractivity (Wildman–Crippen MR) is 93.0 cm³/mol. The molecule has 1 aliphatic rings. The maximum Gasteiger partial charge on any atom is 0.238 e. The Bertz CT molecular complexity index is 618. The van der Waals surface area contributed by atoms with Crippen LogP contribution in [0.15, 0.2) is 29.3 Å². The lowest BCUT2D eigenvalue weighted by atomic mass is 10.2. The molecule has 1 aromatic carbocycles. The number of aliphatic imine (C=N–C) groups is 1. The minimum Gasteiger partial charge on any atom is -0.497 e. The summed E-state index contributed by atoms with van der Waals surface area (Å²) in [6.07, 6.45) is 0.178. The van der Waals surface area contributed by atoms with Gasteiger partial charge in [-0.2, -0.15) is 0 Å². The number of methoxy groups -OCH3 is 1. The second kappa shape index (κ2) is 8.01. The lowest BCUT2D eigenvalue weighted by Gasteiger charge is -2.30. The average Bonchev–Trinajstić information content (AvgIpc) is 2.55. The Kier molecular flexibility index (Phi) is 6.04. The summed E-state index contributed by atoms with van der Waals surface area (Å²) in [7, 11) is 1.57. The zero-order chi connectivity index (χ0) is 16.8. The van der Waals surface area contributed by atoms with E-state index in [-0.39, 0.29) is 18.2 Å².